The second-order valence-electron chi connectivity index (χ2n) is 7.12. The summed E-state index contributed by atoms with van der Waals surface area (Å²) in [5.74, 6) is 0.721. The van der Waals surface area contributed by atoms with Gasteiger partial charge in [0.05, 0.1) is 6.61 Å². The van der Waals surface area contributed by atoms with Crippen molar-refractivity contribution < 1.29 is 9.53 Å². The van der Waals surface area contributed by atoms with Crippen molar-refractivity contribution >= 4 is 23.2 Å². The highest BCUT2D eigenvalue weighted by molar-refractivity contribution is 6.30. The average Bonchev–Trinajstić information content (AvgIpc) is 2.95. The van der Waals surface area contributed by atoms with E-state index in [2.05, 4.69) is 28.9 Å². The van der Waals surface area contributed by atoms with Gasteiger partial charge in [-0.15, -0.1) is 0 Å². The molecule has 138 valence electrons. The molecule has 0 aliphatic carbocycles. The van der Waals surface area contributed by atoms with E-state index in [4.69, 9.17) is 16.3 Å². The summed E-state index contributed by atoms with van der Waals surface area (Å²) < 4.78 is 5.09. The molecule has 0 saturated carbocycles. The Bertz CT molecular complexity index is 602. The molecule has 0 aromatic heterocycles. The van der Waals surface area contributed by atoms with Gasteiger partial charge in [0, 0.05) is 70.1 Å². The molecule has 0 bridgehead atoms. The summed E-state index contributed by atoms with van der Waals surface area (Å²) in [4.78, 5) is 18.9. The molecule has 6 heteroatoms. The Morgan fingerprint density at radius 2 is 2.00 bits per heavy atom. The van der Waals surface area contributed by atoms with E-state index in [1.165, 1.54) is 11.3 Å². The van der Waals surface area contributed by atoms with E-state index in [1.807, 2.05) is 11.0 Å². The number of aryl methyl sites for hydroxylation is 1. The van der Waals surface area contributed by atoms with Crippen LogP contribution in [0, 0.1) is 12.8 Å². The average molecular weight is 366 g/mol. The van der Waals surface area contributed by atoms with E-state index in [-0.39, 0.29) is 5.91 Å². The number of methoxy groups -OCH3 is 1. The van der Waals surface area contributed by atoms with Crippen molar-refractivity contribution in [3.63, 3.8) is 0 Å². The van der Waals surface area contributed by atoms with E-state index in [1.54, 1.807) is 7.11 Å². The van der Waals surface area contributed by atoms with E-state index in [0.717, 1.165) is 44.3 Å². The maximum Gasteiger partial charge on any atom is 0.223 e. The van der Waals surface area contributed by atoms with Crippen LogP contribution in [0.3, 0.4) is 0 Å². The predicted molar refractivity (Wildman–Crippen MR) is 101 cm³/mol. The molecule has 3 rings (SSSR count). The normalized spacial score (nSPS) is 22.0. The molecule has 2 aliphatic rings. The smallest absolute Gasteiger partial charge is 0.223 e. The van der Waals surface area contributed by atoms with Crippen LogP contribution >= 0.6 is 11.6 Å². The summed E-state index contributed by atoms with van der Waals surface area (Å²) in [6.07, 6.45) is 0.678. The topological polar surface area (TPSA) is 36.0 Å². The fraction of sp³-hybridized carbons (Fsp3) is 0.632. The lowest BCUT2D eigenvalue weighted by Gasteiger charge is -2.37. The molecule has 1 amide bonds. The van der Waals surface area contributed by atoms with Crippen molar-refractivity contribution in [2.45, 2.75) is 13.3 Å². The van der Waals surface area contributed by atoms with Gasteiger partial charge in [-0.05, 0) is 30.5 Å². The second kappa shape index (κ2) is 8.39. The Kier molecular flexibility index (Phi) is 6.20. The first-order chi connectivity index (χ1) is 12.1. The Hall–Kier alpha value is -1.30. The fourth-order valence-electron chi connectivity index (χ4n) is 3.85. The zero-order valence-corrected chi connectivity index (χ0v) is 16.0. The largest absolute Gasteiger partial charge is 0.383 e. The first-order valence-corrected chi connectivity index (χ1v) is 9.45. The van der Waals surface area contributed by atoms with Gasteiger partial charge in [-0.25, -0.2) is 0 Å². The molecule has 25 heavy (non-hydrogen) atoms. The molecule has 2 fully saturated rings. The van der Waals surface area contributed by atoms with Crippen molar-refractivity contribution in [1.29, 1.82) is 0 Å². The van der Waals surface area contributed by atoms with Crippen LogP contribution in [0.15, 0.2) is 18.2 Å². The third-order valence-corrected chi connectivity index (χ3v) is 5.50. The summed E-state index contributed by atoms with van der Waals surface area (Å²) in [7, 11) is 1.68. The van der Waals surface area contributed by atoms with Gasteiger partial charge < -0.3 is 14.5 Å². The maximum atomic E-state index is 12.1. The number of rotatable bonds is 6. The first kappa shape index (κ1) is 18.5. The number of anilines is 1. The second-order valence-corrected chi connectivity index (χ2v) is 7.56. The molecule has 1 aromatic carbocycles. The highest BCUT2D eigenvalue weighted by atomic mass is 35.5. The molecule has 0 N–H and O–H groups in total. The number of halogens is 1. The molecule has 2 heterocycles. The zero-order chi connectivity index (χ0) is 17.8. The van der Waals surface area contributed by atoms with E-state index >= 15 is 0 Å². The molecular formula is C19H28ClN3O2. The van der Waals surface area contributed by atoms with Crippen LogP contribution < -0.4 is 4.90 Å². The standard InChI is InChI=1S/C19H28ClN3O2/c1-15-3-4-17(20)12-18(15)22-7-5-21(6-8-22)13-16-11-19(24)23(14-16)9-10-25-2/h3-4,12,16H,5-11,13-14H2,1-2H3/t16-/m1/s1. The van der Waals surface area contributed by atoms with Crippen molar-refractivity contribution in [3.05, 3.63) is 28.8 Å². The number of likely N-dealkylation sites (tertiary alicyclic amines) is 1. The summed E-state index contributed by atoms with van der Waals surface area (Å²) in [6.45, 7) is 9.45. The highest BCUT2D eigenvalue weighted by Gasteiger charge is 2.31. The lowest BCUT2D eigenvalue weighted by atomic mass is 10.1. The lowest BCUT2D eigenvalue weighted by molar-refractivity contribution is -0.128. The summed E-state index contributed by atoms with van der Waals surface area (Å²) >= 11 is 6.16. The van der Waals surface area contributed by atoms with Crippen LogP contribution in [0.2, 0.25) is 5.02 Å². The molecular weight excluding hydrogens is 338 g/mol. The molecule has 2 aliphatic heterocycles. The van der Waals surface area contributed by atoms with Crippen molar-refractivity contribution in [1.82, 2.24) is 9.80 Å². The van der Waals surface area contributed by atoms with Gasteiger partial charge in [0.1, 0.15) is 0 Å². The third-order valence-electron chi connectivity index (χ3n) is 5.26. The van der Waals surface area contributed by atoms with Gasteiger partial charge in [-0.3, -0.25) is 9.69 Å². The predicted octanol–water partition coefficient (Wildman–Crippen LogP) is 2.27. The van der Waals surface area contributed by atoms with Crippen LogP contribution in [0.5, 0.6) is 0 Å². The maximum absolute atomic E-state index is 12.1. The number of piperazine rings is 1. The SMILES string of the molecule is COCCN1C[C@@H](CN2CCN(c3cc(Cl)ccc3C)CC2)CC1=O. The number of amides is 1. The lowest BCUT2D eigenvalue weighted by Crippen LogP contribution is -2.48. The summed E-state index contributed by atoms with van der Waals surface area (Å²) in [6, 6.07) is 6.10. The molecule has 1 atom stereocenters. The molecule has 0 unspecified atom stereocenters. The van der Waals surface area contributed by atoms with Gasteiger partial charge >= 0.3 is 0 Å². The van der Waals surface area contributed by atoms with Gasteiger partial charge in [0.15, 0.2) is 0 Å². The number of benzene rings is 1. The Balaban J connectivity index is 1.48. The van der Waals surface area contributed by atoms with Gasteiger partial charge in [0.2, 0.25) is 5.91 Å². The Labute approximate surface area is 155 Å². The van der Waals surface area contributed by atoms with Crippen LogP contribution in [-0.4, -0.2) is 75.2 Å². The number of nitrogens with zero attached hydrogens (tertiary/aromatic N) is 3. The van der Waals surface area contributed by atoms with Crippen LogP contribution in [0.25, 0.3) is 0 Å². The molecule has 5 nitrogen and oxygen atoms in total. The minimum atomic E-state index is 0.273. The van der Waals surface area contributed by atoms with Gasteiger partial charge in [0.25, 0.3) is 0 Å². The summed E-state index contributed by atoms with van der Waals surface area (Å²) in [5, 5.41) is 0.795. The molecule has 1 aromatic rings. The van der Waals surface area contributed by atoms with Crippen LogP contribution in [0.4, 0.5) is 5.69 Å². The monoisotopic (exact) mass is 365 g/mol. The minimum absolute atomic E-state index is 0.273. The van der Waals surface area contributed by atoms with Crippen molar-refractivity contribution in [2.75, 3.05) is 64.4 Å². The Morgan fingerprint density at radius 3 is 2.72 bits per heavy atom. The molecule has 2 saturated heterocycles. The number of ether oxygens (including phenoxy) is 1. The minimum Gasteiger partial charge on any atom is -0.383 e. The van der Waals surface area contributed by atoms with Crippen LogP contribution in [-0.2, 0) is 9.53 Å². The summed E-state index contributed by atoms with van der Waals surface area (Å²) in [5.41, 5.74) is 2.52. The first-order valence-electron chi connectivity index (χ1n) is 9.07. The van der Waals surface area contributed by atoms with Crippen molar-refractivity contribution in [3.8, 4) is 0 Å². The molecule has 0 spiro atoms. The molecule has 0 radical (unpaired) electrons. The highest BCUT2D eigenvalue weighted by Crippen LogP contribution is 2.26. The number of hydrogen-bond acceptors (Lipinski definition) is 4. The van der Waals surface area contributed by atoms with Crippen LogP contribution in [0.1, 0.15) is 12.0 Å². The van der Waals surface area contributed by atoms with E-state index in [9.17, 15) is 4.79 Å². The zero-order valence-electron chi connectivity index (χ0n) is 15.2. The fourth-order valence-corrected chi connectivity index (χ4v) is 4.02. The van der Waals surface area contributed by atoms with Crippen molar-refractivity contribution in [2.24, 2.45) is 5.92 Å². The van der Waals surface area contributed by atoms with E-state index < -0.39 is 0 Å². The van der Waals surface area contributed by atoms with E-state index in [0.29, 0.717) is 25.5 Å². The van der Waals surface area contributed by atoms with Gasteiger partial charge in [-0.1, -0.05) is 17.7 Å². The number of carbonyl (C=O) groups excluding carboxylic acids is 1. The number of carbonyl (C=O) groups is 1. The third kappa shape index (κ3) is 4.66. The number of hydrogen-bond donors (Lipinski definition) is 0. The quantitative estimate of drug-likeness (QED) is 0.774. The Morgan fingerprint density at radius 1 is 1.24 bits per heavy atom. The van der Waals surface area contributed by atoms with Gasteiger partial charge in [-0.2, -0.15) is 0 Å².